The van der Waals surface area contributed by atoms with Crippen LogP contribution in [0.5, 0.6) is 0 Å². The van der Waals surface area contributed by atoms with E-state index in [2.05, 4.69) is 38.5 Å². The van der Waals surface area contributed by atoms with Gasteiger partial charge in [0.1, 0.15) is 0 Å². The summed E-state index contributed by atoms with van der Waals surface area (Å²) < 4.78 is 0.844. The number of nitrogen functional groups attached to an aromatic ring is 2. The lowest BCUT2D eigenvalue weighted by atomic mass is 10.1. The summed E-state index contributed by atoms with van der Waals surface area (Å²) in [5.74, 6) is -0.0893. The average Bonchev–Trinajstić information content (AvgIpc) is 2.12. The zero-order chi connectivity index (χ0) is 10.0. The Morgan fingerprint density at radius 1 is 1.46 bits per heavy atom. The van der Waals surface area contributed by atoms with E-state index in [0.29, 0.717) is 16.9 Å². The molecule has 0 aliphatic carbocycles. The molecular formula is C8H8BrIN2O. The van der Waals surface area contributed by atoms with Crippen molar-refractivity contribution in [1.82, 2.24) is 0 Å². The molecule has 0 spiro atoms. The second-order valence-corrected chi connectivity index (χ2v) is 4.21. The Bertz CT molecular complexity index is 354. The number of carbonyl (C=O) groups is 1. The van der Waals surface area contributed by atoms with Gasteiger partial charge in [-0.3, -0.25) is 4.79 Å². The molecule has 0 saturated heterocycles. The normalized spacial score (nSPS) is 10.0. The van der Waals surface area contributed by atoms with E-state index < -0.39 is 0 Å². The maximum absolute atomic E-state index is 11.4. The topological polar surface area (TPSA) is 69.1 Å². The highest BCUT2D eigenvalue weighted by Crippen LogP contribution is 2.25. The van der Waals surface area contributed by atoms with Crippen molar-refractivity contribution >= 4 is 55.7 Å². The first-order chi connectivity index (χ1) is 6.07. The fourth-order valence-electron chi connectivity index (χ4n) is 0.989. The van der Waals surface area contributed by atoms with E-state index in [-0.39, 0.29) is 11.1 Å². The lowest BCUT2D eigenvalue weighted by Gasteiger charge is -2.07. The third-order valence-electron chi connectivity index (χ3n) is 1.62. The molecule has 0 atom stereocenters. The van der Waals surface area contributed by atoms with Gasteiger partial charge >= 0.3 is 0 Å². The molecular weight excluding hydrogens is 347 g/mol. The summed E-state index contributed by atoms with van der Waals surface area (Å²) in [5, 5.41) is 0.238. The quantitative estimate of drug-likeness (QED) is 0.369. The molecule has 70 valence electrons. The van der Waals surface area contributed by atoms with Crippen molar-refractivity contribution in [3.8, 4) is 0 Å². The fraction of sp³-hybridized carbons (Fsp3) is 0.125. The van der Waals surface area contributed by atoms with E-state index in [9.17, 15) is 4.79 Å². The van der Waals surface area contributed by atoms with Gasteiger partial charge in [-0.2, -0.15) is 0 Å². The second-order valence-electron chi connectivity index (χ2n) is 2.48. The molecule has 0 radical (unpaired) electrons. The average molecular weight is 355 g/mol. The fourth-order valence-corrected chi connectivity index (χ4v) is 1.72. The van der Waals surface area contributed by atoms with Crippen LogP contribution in [0.1, 0.15) is 10.4 Å². The highest BCUT2D eigenvalue weighted by atomic mass is 127. The van der Waals surface area contributed by atoms with Crippen molar-refractivity contribution in [2.75, 3.05) is 16.8 Å². The Labute approximate surface area is 98.1 Å². The largest absolute Gasteiger partial charge is 0.398 e. The van der Waals surface area contributed by atoms with Gasteiger partial charge in [-0.05, 0) is 34.7 Å². The van der Waals surface area contributed by atoms with Crippen LogP contribution in [0.3, 0.4) is 0 Å². The number of ketones is 1. The molecule has 0 aliphatic heterocycles. The number of carbonyl (C=O) groups excluding carboxylic acids is 1. The molecule has 1 rings (SSSR count). The number of hydrogen-bond donors (Lipinski definition) is 2. The Hall–Kier alpha value is -0.300. The van der Waals surface area contributed by atoms with Crippen LogP contribution < -0.4 is 11.5 Å². The molecule has 0 unspecified atom stereocenters. The maximum Gasteiger partial charge on any atom is 0.177 e. The van der Waals surface area contributed by atoms with Crippen LogP contribution >= 0.6 is 38.5 Å². The standard InChI is InChI=1S/C8H8BrIN2O/c9-3-6(13)7-5(11)2-1-4(10)8(7)12/h1-2H,3,11-12H2. The van der Waals surface area contributed by atoms with Crippen LogP contribution in [-0.4, -0.2) is 11.1 Å². The van der Waals surface area contributed by atoms with E-state index in [1.807, 2.05) is 0 Å². The SMILES string of the molecule is Nc1ccc(I)c(N)c1C(=O)CBr. The molecule has 0 bridgehead atoms. The summed E-state index contributed by atoms with van der Waals surface area (Å²) in [6, 6.07) is 3.48. The molecule has 3 nitrogen and oxygen atoms in total. The minimum Gasteiger partial charge on any atom is -0.398 e. The molecule has 1 aromatic rings. The number of hydrogen-bond acceptors (Lipinski definition) is 3. The van der Waals surface area contributed by atoms with Crippen LogP contribution in [0.2, 0.25) is 0 Å². The molecule has 1 aromatic carbocycles. The third-order valence-corrected chi connectivity index (χ3v) is 3.07. The Balaban J connectivity index is 3.33. The highest BCUT2D eigenvalue weighted by molar-refractivity contribution is 14.1. The molecule has 0 saturated carbocycles. The third kappa shape index (κ3) is 2.14. The summed E-state index contributed by atoms with van der Waals surface area (Å²) in [6.45, 7) is 0. The summed E-state index contributed by atoms with van der Waals surface area (Å²) in [6.07, 6.45) is 0. The lowest BCUT2D eigenvalue weighted by Crippen LogP contribution is -2.09. The van der Waals surface area contributed by atoms with Gasteiger partial charge in [-0.15, -0.1) is 0 Å². The van der Waals surface area contributed by atoms with Crippen molar-refractivity contribution in [2.24, 2.45) is 0 Å². The van der Waals surface area contributed by atoms with Gasteiger partial charge in [0.25, 0.3) is 0 Å². The van der Waals surface area contributed by atoms with E-state index >= 15 is 0 Å². The van der Waals surface area contributed by atoms with Crippen molar-refractivity contribution < 1.29 is 4.79 Å². The summed E-state index contributed by atoms with van der Waals surface area (Å²) >= 11 is 5.15. The number of Topliss-reactive ketones (excluding diaryl/α,β-unsaturated/α-hetero) is 1. The first kappa shape index (κ1) is 10.8. The van der Waals surface area contributed by atoms with Gasteiger partial charge in [-0.1, -0.05) is 15.9 Å². The number of rotatable bonds is 2. The summed E-state index contributed by atoms with van der Waals surface area (Å²) in [5.41, 5.74) is 12.7. The zero-order valence-corrected chi connectivity index (χ0v) is 10.4. The predicted octanol–water partition coefficient (Wildman–Crippen LogP) is 2.03. The van der Waals surface area contributed by atoms with Crippen molar-refractivity contribution in [1.29, 1.82) is 0 Å². The van der Waals surface area contributed by atoms with Crippen LogP contribution in [0.25, 0.3) is 0 Å². The first-order valence-corrected chi connectivity index (χ1v) is 5.70. The summed E-state index contributed by atoms with van der Waals surface area (Å²) in [4.78, 5) is 11.4. The Morgan fingerprint density at radius 3 is 2.62 bits per heavy atom. The minimum atomic E-state index is -0.0893. The smallest absolute Gasteiger partial charge is 0.177 e. The highest BCUT2D eigenvalue weighted by Gasteiger charge is 2.13. The number of nitrogens with two attached hydrogens (primary N) is 2. The van der Waals surface area contributed by atoms with E-state index in [4.69, 9.17) is 11.5 Å². The number of anilines is 2. The van der Waals surface area contributed by atoms with Crippen molar-refractivity contribution in [3.05, 3.63) is 21.3 Å². The van der Waals surface area contributed by atoms with E-state index in [0.717, 1.165) is 3.57 Å². The molecule has 4 N–H and O–H groups in total. The van der Waals surface area contributed by atoms with E-state index in [1.54, 1.807) is 12.1 Å². The molecule has 5 heteroatoms. The van der Waals surface area contributed by atoms with Gasteiger partial charge in [0, 0.05) is 9.26 Å². The van der Waals surface area contributed by atoms with Crippen LogP contribution in [0, 0.1) is 3.57 Å². The van der Waals surface area contributed by atoms with Crippen molar-refractivity contribution in [3.63, 3.8) is 0 Å². The molecule has 0 amide bonds. The minimum absolute atomic E-state index is 0.0893. The zero-order valence-electron chi connectivity index (χ0n) is 6.68. The van der Waals surface area contributed by atoms with Crippen LogP contribution in [0.4, 0.5) is 11.4 Å². The molecule has 13 heavy (non-hydrogen) atoms. The molecule has 0 aromatic heterocycles. The predicted molar refractivity (Wildman–Crippen MR) is 66.1 cm³/mol. The maximum atomic E-state index is 11.4. The van der Waals surface area contributed by atoms with Gasteiger partial charge in [0.2, 0.25) is 0 Å². The Kier molecular flexibility index (Phi) is 3.55. The molecule has 0 fully saturated rings. The molecule has 0 aliphatic rings. The lowest BCUT2D eigenvalue weighted by molar-refractivity contribution is 0.102. The number of benzene rings is 1. The van der Waals surface area contributed by atoms with Crippen molar-refractivity contribution in [2.45, 2.75) is 0 Å². The van der Waals surface area contributed by atoms with Gasteiger partial charge in [0.05, 0.1) is 16.6 Å². The van der Waals surface area contributed by atoms with Gasteiger partial charge in [-0.25, -0.2) is 0 Å². The number of halogens is 2. The first-order valence-electron chi connectivity index (χ1n) is 3.50. The van der Waals surface area contributed by atoms with Crippen LogP contribution in [0.15, 0.2) is 12.1 Å². The summed E-state index contributed by atoms with van der Waals surface area (Å²) in [7, 11) is 0. The van der Waals surface area contributed by atoms with Crippen LogP contribution in [-0.2, 0) is 0 Å². The van der Waals surface area contributed by atoms with Gasteiger partial charge < -0.3 is 11.5 Å². The molecule has 0 heterocycles. The monoisotopic (exact) mass is 354 g/mol. The van der Waals surface area contributed by atoms with E-state index in [1.165, 1.54) is 0 Å². The number of alkyl halides is 1. The second kappa shape index (κ2) is 4.28. The van der Waals surface area contributed by atoms with Gasteiger partial charge in [0.15, 0.2) is 5.78 Å². The Morgan fingerprint density at radius 2 is 2.08 bits per heavy atom.